The highest BCUT2D eigenvalue weighted by Crippen LogP contribution is 2.32. The Labute approximate surface area is 221 Å². The lowest BCUT2D eigenvalue weighted by Crippen LogP contribution is -2.42. The van der Waals surface area contributed by atoms with Crippen molar-refractivity contribution in [2.45, 2.75) is 45.1 Å². The van der Waals surface area contributed by atoms with Gasteiger partial charge in [0.15, 0.2) is 5.13 Å². The predicted octanol–water partition coefficient (Wildman–Crippen LogP) is 5.97. The molecule has 0 bridgehead atoms. The first-order valence-corrected chi connectivity index (χ1v) is 14.8. The maximum Gasteiger partial charge on any atom is 0.260 e. The summed E-state index contributed by atoms with van der Waals surface area (Å²) in [5.41, 5.74) is 2.43. The number of piperidine rings is 1. The van der Waals surface area contributed by atoms with Crippen LogP contribution in [0.1, 0.15) is 48.9 Å². The number of sulfonamides is 1. The van der Waals surface area contributed by atoms with Crippen molar-refractivity contribution in [1.82, 2.24) is 9.29 Å². The van der Waals surface area contributed by atoms with Crippen molar-refractivity contribution in [2.75, 3.05) is 18.0 Å². The molecule has 3 heterocycles. The Morgan fingerprint density at radius 3 is 2.49 bits per heavy atom. The van der Waals surface area contributed by atoms with Gasteiger partial charge in [-0.3, -0.25) is 9.69 Å². The summed E-state index contributed by atoms with van der Waals surface area (Å²) in [5.74, 6) is 0.998. The molecule has 1 saturated heterocycles. The zero-order chi connectivity index (χ0) is 26.2. The molecule has 5 rings (SSSR count). The van der Waals surface area contributed by atoms with Gasteiger partial charge in [0.1, 0.15) is 5.76 Å². The van der Waals surface area contributed by atoms with Gasteiger partial charge in [-0.05, 0) is 78.8 Å². The molecule has 2 unspecified atom stereocenters. The van der Waals surface area contributed by atoms with Crippen LogP contribution in [0.15, 0.2) is 70.2 Å². The van der Waals surface area contributed by atoms with Gasteiger partial charge in [-0.2, -0.15) is 4.31 Å². The number of amides is 1. The molecule has 7 nitrogen and oxygen atoms in total. The number of aryl methyl sites for hydroxylation is 1. The van der Waals surface area contributed by atoms with Gasteiger partial charge < -0.3 is 4.42 Å². The Morgan fingerprint density at radius 2 is 1.84 bits per heavy atom. The molecule has 0 aliphatic carbocycles. The van der Waals surface area contributed by atoms with E-state index in [1.54, 1.807) is 33.7 Å². The molecular formula is C28H31N3O4S2. The molecule has 0 saturated carbocycles. The highest BCUT2D eigenvalue weighted by atomic mass is 32.2. The Hall–Kier alpha value is -3.01. The van der Waals surface area contributed by atoms with Gasteiger partial charge in [0.05, 0.1) is 27.9 Å². The quantitative estimate of drug-likeness (QED) is 0.290. The van der Waals surface area contributed by atoms with Crippen molar-refractivity contribution in [2.24, 2.45) is 11.8 Å². The zero-order valence-corrected chi connectivity index (χ0v) is 22.9. The van der Waals surface area contributed by atoms with E-state index in [0.29, 0.717) is 41.4 Å². The minimum atomic E-state index is -3.62. The predicted molar refractivity (Wildman–Crippen MR) is 146 cm³/mol. The van der Waals surface area contributed by atoms with Crippen molar-refractivity contribution >= 4 is 42.6 Å². The third kappa shape index (κ3) is 5.35. The van der Waals surface area contributed by atoms with Crippen molar-refractivity contribution < 1.29 is 17.6 Å². The van der Waals surface area contributed by atoms with E-state index in [-0.39, 0.29) is 17.3 Å². The Kier molecular flexibility index (Phi) is 7.20. The summed E-state index contributed by atoms with van der Waals surface area (Å²) >= 11 is 1.46. The van der Waals surface area contributed by atoms with E-state index in [9.17, 15) is 13.2 Å². The van der Waals surface area contributed by atoms with Gasteiger partial charge in [-0.15, -0.1) is 0 Å². The van der Waals surface area contributed by atoms with Crippen molar-refractivity contribution in [3.05, 3.63) is 77.7 Å². The lowest BCUT2D eigenvalue weighted by atomic mass is 9.94. The molecule has 4 aromatic rings. The van der Waals surface area contributed by atoms with Crippen molar-refractivity contribution in [3.8, 4) is 0 Å². The Bertz CT molecular complexity index is 1480. The number of carbonyl (C=O) groups is 1. The van der Waals surface area contributed by atoms with E-state index in [4.69, 9.17) is 9.40 Å². The van der Waals surface area contributed by atoms with E-state index in [1.165, 1.54) is 29.0 Å². The van der Waals surface area contributed by atoms with E-state index >= 15 is 0 Å². The number of carbonyl (C=O) groups excluding carboxylic acids is 1. The molecule has 0 N–H and O–H groups in total. The number of nitrogens with zero attached hydrogens (tertiary/aromatic N) is 3. The number of rotatable bonds is 7. The lowest BCUT2D eigenvalue weighted by molar-refractivity contribution is 0.0983. The maximum absolute atomic E-state index is 13.7. The van der Waals surface area contributed by atoms with Crippen LogP contribution in [0, 0.1) is 11.8 Å². The first kappa shape index (κ1) is 25.6. The number of aromatic nitrogens is 1. The fourth-order valence-electron chi connectivity index (χ4n) is 4.95. The molecular weight excluding hydrogens is 506 g/mol. The first-order valence-electron chi connectivity index (χ1n) is 12.6. The lowest BCUT2D eigenvalue weighted by Gasteiger charge is -2.34. The minimum Gasteiger partial charge on any atom is -0.467 e. The molecule has 2 aromatic heterocycles. The number of hydrogen-bond donors (Lipinski definition) is 0. The number of hydrogen-bond acceptors (Lipinski definition) is 6. The summed E-state index contributed by atoms with van der Waals surface area (Å²) in [4.78, 5) is 20.2. The summed E-state index contributed by atoms with van der Waals surface area (Å²) in [5, 5.41) is 0.567. The van der Waals surface area contributed by atoms with Crippen molar-refractivity contribution in [1.29, 1.82) is 0 Å². The van der Waals surface area contributed by atoms with Crippen LogP contribution in [0.25, 0.3) is 10.2 Å². The molecule has 9 heteroatoms. The summed E-state index contributed by atoms with van der Waals surface area (Å²) in [6.07, 6.45) is 3.52. The fourth-order valence-corrected chi connectivity index (χ4v) is 7.66. The number of benzene rings is 2. The Morgan fingerprint density at radius 1 is 1.11 bits per heavy atom. The molecule has 0 radical (unpaired) electrons. The molecule has 194 valence electrons. The van der Waals surface area contributed by atoms with Crippen molar-refractivity contribution in [3.63, 3.8) is 0 Å². The van der Waals surface area contributed by atoms with Gasteiger partial charge in [0.25, 0.3) is 5.91 Å². The third-order valence-corrected chi connectivity index (χ3v) is 9.68. The molecule has 37 heavy (non-hydrogen) atoms. The second-order valence-corrected chi connectivity index (χ2v) is 12.9. The highest BCUT2D eigenvalue weighted by Gasteiger charge is 2.32. The van der Waals surface area contributed by atoms with Crippen LogP contribution in [0.3, 0.4) is 0 Å². The normalized spacial score (nSPS) is 18.8. The first-order chi connectivity index (χ1) is 17.7. The standard InChI is InChI=1S/C28H31N3O4S2/c1-4-21-7-12-25-26(15-21)36-28(29-25)31(18-23-6-5-13-35-23)27(32)22-8-10-24(11-9-22)37(33,34)30-16-19(2)14-20(3)17-30/h5-13,15,19-20H,4,14,16-18H2,1-3H3. The third-order valence-electron chi connectivity index (χ3n) is 6.79. The topological polar surface area (TPSA) is 83.7 Å². The van der Waals surface area contributed by atoms with Crippen LogP contribution in [0.4, 0.5) is 5.13 Å². The van der Waals surface area contributed by atoms with Crippen LogP contribution in [0.2, 0.25) is 0 Å². The molecule has 2 aromatic carbocycles. The van der Waals surface area contributed by atoms with Gasteiger partial charge >= 0.3 is 0 Å². The molecule has 1 fully saturated rings. The average Bonchev–Trinajstić information content (AvgIpc) is 3.55. The van der Waals surface area contributed by atoms with E-state index in [1.807, 2.05) is 18.2 Å². The minimum absolute atomic E-state index is 0.204. The second-order valence-electron chi connectivity index (χ2n) is 9.92. The van der Waals surface area contributed by atoms with Gasteiger partial charge in [0.2, 0.25) is 10.0 Å². The zero-order valence-electron chi connectivity index (χ0n) is 21.3. The van der Waals surface area contributed by atoms with Crippen LogP contribution in [0.5, 0.6) is 0 Å². The van der Waals surface area contributed by atoms with E-state index < -0.39 is 10.0 Å². The molecule has 1 aliphatic rings. The largest absolute Gasteiger partial charge is 0.467 e. The average molecular weight is 538 g/mol. The summed E-state index contributed by atoms with van der Waals surface area (Å²) < 4.78 is 34.7. The number of anilines is 1. The second kappa shape index (κ2) is 10.4. The Balaban J connectivity index is 1.44. The van der Waals surface area contributed by atoms with Gasteiger partial charge in [0, 0.05) is 18.7 Å². The smallest absolute Gasteiger partial charge is 0.260 e. The maximum atomic E-state index is 13.7. The van der Waals surface area contributed by atoms with Gasteiger partial charge in [-0.1, -0.05) is 38.2 Å². The number of fused-ring (bicyclic) bond motifs is 1. The summed E-state index contributed by atoms with van der Waals surface area (Å²) in [6.45, 7) is 7.52. The van der Waals surface area contributed by atoms with E-state index in [2.05, 4.69) is 26.8 Å². The van der Waals surface area contributed by atoms with Crippen LogP contribution in [-0.4, -0.2) is 36.7 Å². The fraction of sp³-hybridized carbons (Fsp3) is 0.357. The molecule has 2 atom stereocenters. The van der Waals surface area contributed by atoms with Crippen LogP contribution in [-0.2, 0) is 23.0 Å². The highest BCUT2D eigenvalue weighted by molar-refractivity contribution is 7.89. The van der Waals surface area contributed by atoms with E-state index in [0.717, 1.165) is 23.1 Å². The number of thiazole rings is 1. The summed E-state index contributed by atoms with van der Waals surface area (Å²) in [7, 11) is -3.62. The van der Waals surface area contributed by atoms with Gasteiger partial charge in [-0.25, -0.2) is 13.4 Å². The van der Waals surface area contributed by atoms with Crippen LogP contribution >= 0.6 is 11.3 Å². The summed E-state index contributed by atoms with van der Waals surface area (Å²) in [6, 6.07) is 16.0. The molecule has 1 amide bonds. The molecule has 0 spiro atoms. The molecule has 1 aliphatic heterocycles. The number of furan rings is 1. The SMILES string of the molecule is CCc1ccc2nc(N(Cc3ccco3)C(=O)c3ccc(S(=O)(=O)N4CC(C)CC(C)C4)cc3)sc2c1. The monoisotopic (exact) mass is 537 g/mol. The van der Waals surface area contributed by atoms with Crippen LogP contribution < -0.4 is 4.90 Å².